The van der Waals surface area contributed by atoms with Crippen LogP contribution in [0.3, 0.4) is 0 Å². The maximum Gasteiger partial charge on any atom is 0.294 e. The van der Waals surface area contributed by atoms with E-state index in [1.807, 2.05) is 67.3 Å². The molecule has 3 aromatic rings. The Labute approximate surface area is 195 Å². The van der Waals surface area contributed by atoms with Gasteiger partial charge in [0.2, 0.25) is 5.82 Å². The molecule has 1 aliphatic heterocycles. The smallest absolute Gasteiger partial charge is 0.294 e. The van der Waals surface area contributed by atoms with Gasteiger partial charge in [0.1, 0.15) is 6.33 Å². The van der Waals surface area contributed by atoms with Gasteiger partial charge in [-0.25, -0.2) is 9.67 Å². The average molecular weight is 446 g/mol. The Balaban J connectivity index is 1.49. The van der Waals surface area contributed by atoms with Gasteiger partial charge >= 0.3 is 0 Å². The van der Waals surface area contributed by atoms with Gasteiger partial charge in [0.15, 0.2) is 0 Å². The second-order valence-corrected chi connectivity index (χ2v) is 10.2. The van der Waals surface area contributed by atoms with Crippen molar-refractivity contribution < 1.29 is 9.59 Å². The molecule has 2 aromatic carbocycles. The number of nitrogens with zero attached hydrogens (tertiary/aromatic N) is 5. The monoisotopic (exact) mass is 445 g/mol. The number of para-hydroxylation sites is 1. The van der Waals surface area contributed by atoms with Crippen LogP contribution >= 0.6 is 0 Å². The van der Waals surface area contributed by atoms with Crippen molar-refractivity contribution in [2.75, 3.05) is 19.6 Å². The van der Waals surface area contributed by atoms with E-state index < -0.39 is 5.54 Å². The molecule has 1 aromatic heterocycles. The Morgan fingerprint density at radius 2 is 1.67 bits per heavy atom. The third-order valence-electron chi connectivity index (χ3n) is 6.11. The van der Waals surface area contributed by atoms with E-state index in [9.17, 15) is 9.59 Å². The minimum Gasteiger partial charge on any atom is -0.335 e. The highest BCUT2D eigenvalue weighted by molar-refractivity contribution is 5.95. The lowest BCUT2D eigenvalue weighted by atomic mass is 9.86. The molecule has 2 heterocycles. The van der Waals surface area contributed by atoms with Crippen molar-refractivity contribution in [3.05, 3.63) is 77.9 Å². The van der Waals surface area contributed by atoms with E-state index in [-0.39, 0.29) is 23.1 Å². The van der Waals surface area contributed by atoms with Crippen molar-refractivity contribution in [3.63, 3.8) is 0 Å². The summed E-state index contributed by atoms with van der Waals surface area (Å²) in [6, 6.07) is 17.4. The van der Waals surface area contributed by atoms with Gasteiger partial charge < -0.3 is 9.80 Å². The van der Waals surface area contributed by atoms with Crippen molar-refractivity contribution in [2.45, 2.75) is 45.6 Å². The largest absolute Gasteiger partial charge is 0.335 e. The third kappa shape index (κ3) is 4.67. The van der Waals surface area contributed by atoms with Crippen LogP contribution in [-0.4, -0.2) is 61.6 Å². The normalized spacial score (nSPS) is 16.0. The first kappa shape index (κ1) is 22.7. The average Bonchev–Trinajstić information content (AvgIpc) is 3.28. The lowest BCUT2D eigenvalue weighted by Gasteiger charge is -2.46. The molecule has 2 amide bonds. The van der Waals surface area contributed by atoms with Gasteiger partial charge in [-0.3, -0.25) is 9.59 Å². The molecule has 0 unspecified atom stereocenters. The molecule has 0 spiro atoms. The number of hydrogen-bond donors (Lipinski definition) is 0. The molecule has 0 atom stereocenters. The van der Waals surface area contributed by atoms with Crippen LogP contribution in [0.25, 0.3) is 5.69 Å². The highest BCUT2D eigenvalue weighted by atomic mass is 16.2. The zero-order valence-electron chi connectivity index (χ0n) is 19.9. The molecule has 0 N–H and O–H groups in total. The van der Waals surface area contributed by atoms with E-state index >= 15 is 0 Å². The van der Waals surface area contributed by atoms with Gasteiger partial charge in [0.25, 0.3) is 11.8 Å². The predicted octanol–water partition coefficient (Wildman–Crippen LogP) is 3.94. The summed E-state index contributed by atoms with van der Waals surface area (Å²) in [7, 11) is 0. The standard InChI is InChI=1S/C26H31N5O2/c1-25(2,3)20-11-9-10-19(16-20)23(32)29-14-15-30(26(4,5)17-29)24(33)22-27-18-31(28-22)21-12-7-6-8-13-21/h6-13,16,18H,14-15,17H2,1-5H3. The first-order valence-corrected chi connectivity index (χ1v) is 11.3. The Morgan fingerprint density at radius 3 is 2.33 bits per heavy atom. The van der Waals surface area contributed by atoms with Crippen molar-refractivity contribution in [1.82, 2.24) is 24.6 Å². The number of carbonyl (C=O) groups is 2. The van der Waals surface area contributed by atoms with Crippen LogP contribution in [-0.2, 0) is 5.41 Å². The molecule has 7 heteroatoms. The van der Waals surface area contributed by atoms with Crippen molar-refractivity contribution in [1.29, 1.82) is 0 Å². The van der Waals surface area contributed by atoms with Crippen LogP contribution in [0.15, 0.2) is 60.9 Å². The van der Waals surface area contributed by atoms with Crippen molar-refractivity contribution in [2.24, 2.45) is 0 Å². The molecule has 4 rings (SSSR count). The van der Waals surface area contributed by atoms with Gasteiger partial charge in [-0.05, 0) is 49.1 Å². The fourth-order valence-electron chi connectivity index (χ4n) is 4.19. The van der Waals surface area contributed by atoms with E-state index in [4.69, 9.17) is 0 Å². The summed E-state index contributed by atoms with van der Waals surface area (Å²) in [4.78, 5) is 34.4. The van der Waals surface area contributed by atoms with Gasteiger partial charge in [0, 0.05) is 25.2 Å². The van der Waals surface area contributed by atoms with Crippen LogP contribution in [0.2, 0.25) is 0 Å². The molecule has 33 heavy (non-hydrogen) atoms. The van der Waals surface area contributed by atoms with E-state index in [1.54, 1.807) is 15.9 Å². The summed E-state index contributed by atoms with van der Waals surface area (Å²) in [6.45, 7) is 11.7. The first-order chi connectivity index (χ1) is 15.6. The summed E-state index contributed by atoms with van der Waals surface area (Å²) in [5, 5.41) is 4.39. The van der Waals surface area contributed by atoms with E-state index in [0.29, 0.717) is 25.2 Å². The highest BCUT2D eigenvalue weighted by Crippen LogP contribution is 2.26. The molecule has 0 radical (unpaired) electrons. The Kier molecular flexibility index (Phi) is 5.82. The maximum atomic E-state index is 13.3. The molecule has 1 saturated heterocycles. The molecule has 172 valence electrons. The lowest BCUT2D eigenvalue weighted by molar-refractivity contribution is 0.0160. The summed E-state index contributed by atoms with van der Waals surface area (Å²) in [5.74, 6) is -0.0751. The van der Waals surface area contributed by atoms with E-state index in [1.165, 1.54) is 0 Å². The van der Waals surface area contributed by atoms with E-state index in [0.717, 1.165) is 11.3 Å². The number of hydrogen-bond acceptors (Lipinski definition) is 4. The third-order valence-corrected chi connectivity index (χ3v) is 6.11. The summed E-state index contributed by atoms with van der Waals surface area (Å²) in [6.07, 6.45) is 1.55. The van der Waals surface area contributed by atoms with Crippen LogP contribution in [0.4, 0.5) is 0 Å². The number of amides is 2. The summed E-state index contributed by atoms with van der Waals surface area (Å²) in [5.41, 5.74) is 2.07. The van der Waals surface area contributed by atoms with Crippen LogP contribution in [0.1, 0.15) is 61.2 Å². The summed E-state index contributed by atoms with van der Waals surface area (Å²) < 4.78 is 1.60. The minimum atomic E-state index is -0.551. The van der Waals surface area contributed by atoms with Crippen LogP contribution in [0, 0.1) is 0 Å². The fraction of sp³-hybridized carbons (Fsp3) is 0.385. The SMILES string of the molecule is CC(C)(C)c1cccc(C(=O)N2CCN(C(=O)c3ncn(-c4ccccc4)n3)C(C)(C)C2)c1. The zero-order valence-corrected chi connectivity index (χ0v) is 19.9. The number of aromatic nitrogens is 3. The molecular weight excluding hydrogens is 414 g/mol. The van der Waals surface area contributed by atoms with Gasteiger partial charge in [-0.2, -0.15) is 0 Å². The molecule has 0 aliphatic carbocycles. The zero-order chi connectivity index (χ0) is 23.8. The second-order valence-electron chi connectivity index (χ2n) is 10.2. The number of piperazine rings is 1. The maximum absolute atomic E-state index is 13.3. The van der Waals surface area contributed by atoms with Gasteiger partial charge in [-0.15, -0.1) is 5.10 Å². The van der Waals surface area contributed by atoms with E-state index in [2.05, 4.69) is 36.9 Å². The molecule has 1 fully saturated rings. The molecule has 7 nitrogen and oxygen atoms in total. The van der Waals surface area contributed by atoms with Crippen LogP contribution in [0.5, 0.6) is 0 Å². The lowest BCUT2D eigenvalue weighted by Crippen LogP contribution is -2.62. The molecule has 0 bridgehead atoms. The number of rotatable bonds is 3. The Bertz CT molecular complexity index is 1160. The molecule has 0 saturated carbocycles. The number of benzene rings is 2. The molecule has 1 aliphatic rings. The van der Waals surface area contributed by atoms with Gasteiger partial charge in [-0.1, -0.05) is 51.1 Å². The topological polar surface area (TPSA) is 71.3 Å². The quantitative estimate of drug-likeness (QED) is 0.612. The number of carbonyl (C=O) groups excluding carboxylic acids is 2. The Morgan fingerprint density at radius 1 is 0.939 bits per heavy atom. The molecular formula is C26H31N5O2. The summed E-state index contributed by atoms with van der Waals surface area (Å²) >= 11 is 0. The predicted molar refractivity (Wildman–Crippen MR) is 128 cm³/mol. The minimum absolute atomic E-state index is 0.00671. The van der Waals surface area contributed by atoms with Crippen molar-refractivity contribution >= 4 is 11.8 Å². The second kappa shape index (κ2) is 8.46. The van der Waals surface area contributed by atoms with Crippen molar-refractivity contribution in [3.8, 4) is 5.69 Å². The van der Waals surface area contributed by atoms with Gasteiger partial charge in [0.05, 0.1) is 11.2 Å². The first-order valence-electron chi connectivity index (χ1n) is 11.3. The highest BCUT2D eigenvalue weighted by Gasteiger charge is 2.40. The fourth-order valence-corrected chi connectivity index (χ4v) is 4.19. The van der Waals surface area contributed by atoms with Crippen LogP contribution < -0.4 is 0 Å². The Hall–Kier alpha value is -3.48.